The number of aliphatic hydroxyl groups excluding tert-OH is 1. The highest BCUT2D eigenvalue weighted by molar-refractivity contribution is 5.18. The lowest BCUT2D eigenvalue weighted by molar-refractivity contribution is -0.251. The van der Waals surface area contributed by atoms with Gasteiger partial charge in [-0.25, -0.2) is 0 Å². The van der Waals surface area contributed by atoms with Crippen LogP contribution in [-0.4, -0.2) is 83.1 Å². The lowest BCUT2D eigenvalue weighted by Gasteiger charge is -2.49. The quantitative estimate of drug-likeness (QED) is 0.0564. The zero-order valence-corrected chi connectivity index (χ0v) is 33.7. The predicted molar refractivity (Wildman–Crippen MR) is 223 cm³/mol. The molecule has 6 rings (SSSR count). The Morgan fingerprint density at radius 1 is 0.552 bits per heavy atom. The maximum atomic E-state index is 12.4. The Morgan fingerprint density at radius 2 is 0.983 bits per heavy atom. The van der Waals surface area contributed by atoms with Crippen LogP contribution in [0.1, 0.15) is 60.6 Å². The van der Waals surface area contributed by atoms with Crippen molar-refractivity contribution in [1.29, 1.82) is 0 Å². The highest BCUT2D eigenvalue weighted by Gasteiger charge is 2.53. The van der Waals surface area contributed by atoms with E-state index in [0.29, 0.717) is 46.1 Å². The molecule has 1 aliphatic carbocycles. The van der Waals surface area contributed by atoms with E-state index in [-0.39, 0.29) is 6.61 Å². The normalized spacial score (nSPS) is 20.7. The molecule has 0 saturated heterocycles. The van der Waals surface area contributed by atoms with Gasteiger partial charge in [-0.2, -0.15) is 0 Å². The standard InChI is InChI=1S/C47H60N4O7/c1-2-3-27-53-29-17-30-54-28-16-26-51-32-41(49-50-51)31-48-42-43(52)45(56-34-38-20-10-5-11-21-38)47(58-36-40-24-14-7-15-25-40)46(57-35-39-22-12-6-13-23-39)44(42)55-33-37-18-8-4-9-19-37/h4-15,18-25,32,42-48,52H,2-3,16-17,26-31,33-36H2,1H3/t42-,43-,44+,45+,46-,47-/m1/s1. The molecule has 1 aliphatic rings. The molecule has 58 heavy (non-hydrogen) atoms. The Balaban J connectivity index is 1.19. The summed E-state index contributed by atoms with van der Waals surface area (Å²) in [6.07, 6.45) is 2.12. The lowest BCUT2D eigenvalue weighted by atomic mass is 9.82. The second kappa shape index (κ2) is 24.6. The zero-order valence-electron chi connectivity index (χ0n) is 33.7. The van der Waals surface area contributed by atoms with Crippen LogP contribution >= 0.6 is 0 Å². The van der Waals surface area contributed by atoms with Crippen LogP contribution in [0.4, 0.5) is 0 Å². The molecule has 310 valence electrons. The number of aliphatic hydroxyl groups is 1. The predicted octanol–water partition coefficient (Wildman–Crippen LogP) is 7.07. The van der Waals surface area contributed by atoms with Gasteiger partial charge in [-0.15, -0.1) is 5.10 Å². The van der Waals surface area contributed by atoms with E-state index in [1.54, 1.807) is 0 Å². The number of benzene rings is 4. The summed E-state index contributed by atoms with van der Waals surface area (Å²) in [7, 11) is 0. The third kappa shape index (κ3) is 13.9. The molecule has 11 nitrogen and oxygen atoms in total. The Labute approximate surface area is 343 Å². The van der Waals surface area contributed by atoms with Crippen molar-refractivity contribution in [2.75, 3.05) is 26.4 Å². The molecule has 0 spiro atoms. The summed E-state index contributed by atoms with van der Waals surface area (Å²) >= 11 is 0. The molecule has 0 aliphatic heterocycles. The maximum absolute atomic E-state index is 12.4. The van der Waals surface area contributed by atoms with E-state index in [1.807, 2.05) is 132 Å². The number of aromatic nitrogens is 3. The third-order valence-electron chi connectivity index (χ3n) is 10.2. The topological polar surface area (TPSA) is 118 Å². The van der Waals surface area contributed by atoms with Crippen molar-refractivity contribution in [2.24, 2.45) is 0 Å². The van der Waals surface area contributed by atoms with Crippen LogP contribution < -0.4 is 5.32 Å². The van der Waals surface area contributed by atoms with E-state index in [0.717, 1.165) is 66.8 Å². The van der Waals surface area contributed by atoms with Gasteiger partial charge in [0.15, 0.2) is 0 Å². The average molecular weight is 793 g/mol. The molecule has 0 radical (unpaired) electrons. The minimum Gasteiger partial charge on any atom is -0.389 e. The van der Waals surface area contributed by atoms with Crippen molar-refractivity contribution >= 4 is 0 Å². The van der Waals surface area contributed by atoms with Crippen LogP contribution in [0.2, 0.25) is 0 Å². The highest BCUT2D eigenvalue weighted by atomic mass is 16.6. The van der Waals surface area contributed by atoms with E-state index in [2.05, 4.69) is 22.6 Å². The van der Waals surface area contributed by atoms with Gasteiger partial charge in [-0.3, -0.25) is 4.68 Å². The maximum Gasteiger partial charge on any atom is 0.115 e. The first-order valence-electron chi connectivity index (χ1n) is 20.8. The molecule has 5 aromatic rings. The molecular formula is C47H60N4O7. The number of rotatable bonds is 26. The Hall–Kier alpha value is -4.30. The Morgan fingerprint density at radius 3 is 1.48 bits per heavy atom. The molecule has 0 amide bonds. The molecule has 0 bridgehead atoms. The van der Waals surface area contributed by atoms with E-state index >= 15 is 0 Å². The van der Waals surface area contributed by atoms with Crippen LogP contribution in [0.3, 0.4) is 0 Å². The van der Waals surface area contributed by atoms with Crippen molar-refractivity contribution in [3.8, 4) is 0 Å². The van der Waals surface area contributed by atoms with Crippen molar-refractivity contribution < 1.29 is 33.5 Å². The van der Waals surface area contributed by atoms with E-state index < -0.39 is 36.6 Å². The van der Waals surface area contributed by atoms with Crippen molar-refractivity contribution in [2.45, 2.75) is 109 Å². The molecule has 1 saturated carbocycles. The molecule has 6 atom stereocenters. The molecule has 1 fully saturated rings. The molecule has 1 heterocycles. The second-order valence-electron chi connectivity index (χ2n) is 14.7. The number of nitrogens with zero attached hydrogens (tertiary/aromatic N) is 3. The van der Waals surface area contributed by atoms with E-state index in [4.69, 9.17) is 28.4 Å². The van der Waals surface area contributed by atoms with Gasteiger partial charge in [-0.1, -0.05) is 140 Å². The van der Waals surface area contributed by atoms with Gasteiger partial charge in [0.05, 0.1) is 38.2 Å². The number of nitrogens with one attached hydrogen (secondary N) is 1. The second-order valence-corrected chi connectivity index (χ2v) is 14.7. The molecule has 11 heteroatoms. The fraction of sp³-hybridized carbons (Fsp3) is 0.447. The minimum absolute atomic E-state index is 0.284. The first-order chi connectivity index (χ1) is 28.7. The summed E-state index contributed by atoms with van der Waals surface area (Å²) in [5.74, 6) is 0. The Bertz CT molecular complexity index is 1800. The van der Waals surface area contributed by atoms with Crippen molar-refractivity contribution in [3.63, 3.8) is 0 Å². The van der Waals surface area contributed by atoms with Crippen LogP contribution in [0.25, 0.3) is 0 Å². The minimum atomic E-state index is -1.04. The summed E-state index contributed by atoms with van der Waals surface area (Å²) in [5.41, 5.74) is 4.76. The summed E-state index contributed by atoms with van der Waals surface area (Å²) in [5, 5.41) is 24.9. The largest absolute Gasteiger partial charge is 0.389 e. The van der Waals surface area contributed by atoms with Crippen LogP contribution in [0.5, 0.6) is 0 Å². The first-order valence-corrected chi connectivity index (χ1v) is 20.8. The number of hydrogen-bond acceptors (Lipinski definition) is 10. The molecular weight excluding hydrogens is 733 g/mol. The van der Waals surface area contributed by atoms with Gasteiger partial charge in [-0.05, 0) is 41.5 Å². The smallest absolute Gasteiger partial charge is 0.115 e. The lowest BCUT2D eigenvalue weighted by Crippen LogP contribution is -2.69. The number of aryl methyl sites for hydroxylation is 1. The SMILES string of the molecule is CCCCOCCCOCCCn1cc(CN[C@@H]2[C@@H](O)[C@H](OCc3ccccc3)[C@@H](OCc3ccccc3)[C@H](OCc3ccccc3)[C@H]2OCc2ccccc2)nn1. The zero-order chi connectivity index (χ0) is 40.0. The summed E-state index contributed by atoms with van der Waals surface area (Å²) in [6.45, 7) is 7.27. The fourth-order valence-corrected chi connectivity index (χ4v) is 7.04. The highest BCUT2D eigenvalue weighted by Crippen LogP contribution is 2.33. The van der Waals surface area contributed by atoms with Crippen LogP contribution in [0, 0.1) is 0 Å². The third-order valence-corrected chi connectivity index (χ3v) is 10.2. The molecule has 1 aromatic heterocycles. The van der Waals surface area contributed by atoms with Gasteiger partial charge in [0.25, 0.3) is 0 Å². The number of unbranched alkanes of at least 4 members (excludes halogenated alkanes) is 1. The van der Waals surface area contributed by atoms with E-state index in [9.17, 15) is 5.11 Å². The monoisotopic (exact) mass is 792 g/mol. The fourth-order valence-electron chi connectivity index (χ4n) is 7.04. The number of ether oxygens (including phenoxy) is 6. The van der Waals surface area contributed by atoms with Gasteiger partial charge in [0.2, 0.25) is 0 Å². The Kier molecular flexibility index (Phi) is 18.3. The number of hydrogen-bond donors (Lipinski definition) is 2. The summed E-state index contributed by atoms with van der Waals surface area (Å²) < 4.78 is 40.4. The summed E-state index contributed by atoms with van der Waals surface area (Å²) in [6, 6.07) is 39.5. The van der Waals surface area contributed by atoms with E-state index in [1.165, 1.54) is 0 Å². The molecule has 4 aromatic carbocycles. The molecule has 0 unspecified atom stereocenters. The summed E-state index contributed by atoms with van der Waals surface area (Å²) in [4.78, 5) is 0. The van der Waals surface area contributed by atoms with Crippen molar-refractivity contribution in [1.82, 2.24) is 20.3 Å². The van der Waals surface area contributed by atoms with Gasteiger partial charge < -0.3 is 38.8 Å². The van der Waals surface area contributed by atoms with Crippen LogP contribution in [0.15, 0.2) is 128 Å². The van der Waals surface area contributed by atoms with Crippen LogP contribution in [-0.2, 0) is 67.9 Å². The molecule has 2 N–H and O–H groups in total. The first kappa shape index (κ1) is 43.3. The van der Waals surface area contributed by atoms with Gasteiger partial charge >= 0.3 is 0 Å². The van der Waals surface area contributed by atoms with Gasteiger partial charge in [0.1, 0.15) is 30.5 Å². The van der Waals surface area contributed by atoms with Crippen molar-refractivity contribution in [3.05, 3.63) is 155 Å². The van der Waals surface area contributed by atoms with Gasteiger partial charge in [0, 0.05) is 45.7 Å². The average Bonchev–Trinajstić information content (AvgIpc) is 3.73.